The van der Waals surface area contributed by atoms with Crippen LogP contribution in [0, 0.1) is 0 Å². The summed E-state index contributed by atoms with van der Waals surface area (Å²) in [5.41, 5.74) is 5.01. The molecule has 0 aromatic heterocycles. The molecule has 3 nitrogen and oxygen atoms in total. The summed E-state index contributed by atoms with van der Waals surface area (Å²) in [6, 6.07) is 4.52. The number of phenols is 1. The predicted octanol–water partition coefficient (Wildman–Crippen LogP) is 1.05. The van der Waals surface area contributed by atoms with Gasteiger partial charge in [0.05, 0.1) is 10.5 Å². The number of nitrogens with two attached hydrogens (primary N) is 1. The molecule has 0 fully saturated rings. The molecule has 0 unspecified atom stereocenters. The van der Waals surface area contributed by atoms with Gasteiger partial charge in [-0.1, -0.05) is 18.7 Å². The standard InChI is InChI=1S/C7H6NO2S/c8-7(10)4-2-1-3-5(11)6(4)9/h1-3,9H,(H2,8,10). The zero-order valence-electron chi connectivity index (χ0n) is 5.57. The summed E-state index contributed by atoms with van der Waals surface area (Å²) in [5.74, 6) is -0.885. The molecule has 0 aliphatic rings. The Bertz CT molecular complexity index is 298. The van der Waals surface area contributed by atoms with E-state index in [0.29, 0.717) is 0 Å². The second-order valence-corrected chi connectivity index (χ2v) is 2.46. The minimum atomic E-state index is -0.672. The molecule has 1 aromatic rings. The van der Waals surface area contributed by atoms with Crippen LogP contribution in [-0.2, 0) is 0 Å². The molecular formula is C7H6NO2S. The molecular weight excluding hydrogens is 162 g/mol. The number of para-hydroxylation sites is 1. The smallest absolute Gasteiger partial charge is 0.252 e. The molecule has 0 bridgehead atoms. The third-order valence-corrected chi connectivity index (χ3v) is 1.59. The Morgan fingerprint density at radius 2 is 2.18 bits per heavy atom. The number of benzene rings is 1. The van der Waals surface area contributed by atoms with E-state index < -0.39 is 5.91 Å². The summed E-state index contributed by atoms with van der Waals surface area (Å²) < 4.78 is 0. The molecule has 3 N–H and O–H groups in total. The Balaban J connectivity index is 3.27. The molecule has 0 atom stereocenters. The van der Waals surface area contributed by atoms with Gasteiger partial charge in [-0.05, 0) is 12.1 Å². The number of hydrogen-bond donors (Lipinski definition) is 2. The van der Waals surface area contributed by atoms with Gasteiger partial charge in [0.15, 0.2) is 0 Å². The number of carbonyl (C=O) groups is 1. The Hall–Kier alpha value is -1.29. The van der Waals surface area contributed by atoms with Gasteiger partial charge in [0.2, 0.25) is 0 Å². The van der Waals surface area contributed by atoms with Gasteiger partial charge in [-0.2, -0.15) is 0 Å². The Morgan fingerprint density at radius 3 is 2.64 bits per heavy atom. The van der Waals surface area contributed by atoms with E-state index >= 15 is 0 Å². The van der Waals surface area contributed by atoms with E-state index in [1.165, 1.54) is 12.1 Å². The van der Waals surface area contributed by atoms with Crippen LogP contribution in [0.2, 0.25) is 0 Å². The van der Waals surface area contributed by atoms with Crippen LogP contribution in [0.15, 0.2) is 23.1 Å². The first-order chi connectivity index (χ1) is 5.13. The first-order valence-corrected chi connectivity index (χ1v) is 3.32. The third-order valence-electron chi connectivity index (χ3n) is 1.26. The van der Waals surface area contributed by atoms with Gasteiger partial charge in [-0.3, -0.25) is 4.79 Å². The molecule has 1 radical (unpaired) electrons. The third kappa shape index (κ3) is 1.40. The molecule has 0 saturated heterocycles. The molecule has 0 aliphatic heterocycles. The van der Waals surface area contributed by atoms with E-state index in [-0.39, 0.29) is 16.2 Å². The van der Waals surface area contributed by atoms with Crippen molar-refractivity contribution in [2.24, 2.45) is 5.73 Å². The van der Waals surface area contributed by atoms with Gasteiger partial charge in [0.1, 0.15) is 5.75 Å². The lowest BCUT2D eigenvalue weighted by Gasteiger charge is -1.99. The highest BCUT2D eigenvalue weighted by Gasteiger charge is 2.08. The average molecular weight is 168 g/mol. The van der Waals surface area contributed by atoms with Crippen molar-refractivity contribution in [3.63, 3.8) is 0 Å². The van der Waals surface area contributed by atoms with E-state index in [2.05, 4.69) is 0 Å². The molecule has 1 rings (SSSR count). The fraction of sp³-hybridized carbons (Fsp3) is 0. The first-order valence-electron chi connectivity index (χ1n) is 2.91. The lowest BCUT2D eigenvalue weighted by molar-refractivity contribution is 0.0997. The lowest BCUT2D eigenvalue weighted by atomic mass is 10.2. The van der Waals surface area contributed by atoms with Crippen LogP contribution in [0.3, 0.4) is 0 Å². The minimum Gasteiger partial charge on any atom is -0.506 e. The molecule has 0 saturated carbocycles. The first kappa shape index (κ1) is 7.81. The summed E-state index contributed by atoms with van der Waals surface area (Å²) in [6.45, 7) is 0. The molecule has 1 aromatic carbocycles. The number of aromatic hydroxyl groups is 1. The fourth-order valence-corrected chi connectivity index (χ4v) is 0.910. The average Bonchev–Trinajstić information content (AvgIpc) is 1.94. The van der Waals surface area contributed by atoms with Gasteiger partial charge in [-0.15, -0.1) is 0 Å². The molecule has 0 heterocycles. The molecule has 57 valence electrons. The summed E-state index contributed by atoms with van der Waals surface area (Å²) in [6.07, 6.45) is 0. The molecule has 0 spiro atoms. The van der Waals surface area contributed by atoms with Crippen LogP contribution in [0.1, 0.15) is 10.4 Å². The van der Waals surface area contributed by atoms with Crippen molar-refractivity contribution in [3.05, 3.63) is 23.8 Å². The molecule has 4 heteroatoms. The van der Waals surface area contributed by atoms with Crippen molar-refractivity contribution < 1.29 is 9.90 Å². The number of hydrogen-bond acceptors (Lipinski definition) is 2. The second-order valence-electron chi connectivity index (χ2n) is 2.02. The lowest BCUT2D eigenvalue weighted by Crippen LogP contribution is -2.10. The fourth-order valence-electron chi connectivity index (χ4n) is 0.721. The topological polar surface area (TPSA) is 63.3 Å². The van der Waals surface area contributed by atoms with Crippen LogP contribution in [-0.4, -0.2) is 11.0 Å². The van der Waals surface area contributed by atoms with Crippen LogP contribution in [0.25, 0.3) is 0 Å². The maximum atomic E-state index is 10.6. The Morgan fingerprint density at radius 1 is 1.55 bits per heavy atom. The summed E-state index contributed by atoms with van der Waals surface area (Å²) >= 11 is 4.70. The highest BCUT2D eigenvalue weighted by Crippen LogP contribution is 2.24. The summed E-state index contributed by atoms with van der Waals surface area (Å²) in [4.78, 5) is 10.8. The number of rotatable bonds is 1. The zero-order chi connectivity index (χ0) is 8.43. The van der Waals surface area contributed by atoms with Gasteiger partial charge >= 0.3 is 0 Å². The monoisotopic (exact) mass is 168 g/mol. The largest absolute Gasteiger partial charge is 0.506 e. The van der Waals surface area contributed by atoms with Crippen LogP contribution in [0.4, 0.5) is 0 Å². The van der Waals surface area contributed by atoms with Crippen molar-refractivity contribution in [1.29, 1.82) is 0 Å². The number of amides is 1. The highest BCUT2D eigenvalue weighted by molar-refractivity contribution is 7.80. The second kappa shape index (κ2) is 2.75. The van der Waals surface area contributed by atoms with Crippen LogP contribution in [0.5, 0.6) is 5.75 Å². The van der Waals surface area contributed by atoms with E-state index in [1.54, 1.807) is 6.07 Å². The molecule has 1 amide bonds. The Labute approximate surface area is 69.2 Å². The highest BCUT2D eigenvalue weighted by atomic mass is 32.1. The van der Waals surface area contributed by atoms with E-state index in [4.69, 9.17) is 23.5 Å². The Kier molecular flexibility index (Phi) is 1.96. The number of carbonyl (C=O) groups excluding carboxylic acids is 1. The van der Waals surface area contributed by atoms with Gasteiger partial charge in [-0.25, -0.2) is 0 Å². The SMILES string of the molecule is NC(=O)c1cccc([S])c1O. The zero-order valence-corrected chi connectivity index (χ0v) is 6.39. The van der Waals surface area contributed by atoms with E-state index in [9.17, 15) is 4.79 Å². The normalized spacial score (nSPS) is 9.45. The van der Waals surface area contributed by atoms with Crippen LogP contribution >= 0.6 is 12.6 Å². The van der Waals surface area contributed by atoms with Crippen molar-refractivity contribution in [1.82, 2.24) is 0 Å². The van der Waals surface area contributed by atoms with E-state index in [0.717, 1.165) is 0 Å². The molecule has 11 heavy (non-hydrogen) atoms. The maximum absolute atomic E-state index is 10.6. The quantitative estimate of drug-likeness (QED) is 0.658. The maximum Gasteiger partial charge on any atom is 0.252 e. The van der Waals surface area contributed by atoms with Gasteiger partial charge < -0.3 is 10.8 Å². The van der Waals surface area contributed by atoms with Crippen molar-refractivity contribution in [2.45, 2.75) is 4.90 Å². The minimum absolute atomic E-state index is 0.0671. The van der Waals surface area contributed by atoms with Gasteiger partial charge in [0, 0.05) is 0 Å². The summed E-state index contributed by atoms with van der Waals surface area (Å²) in [5, 5.41) is 9.16. The predicted molar refractivity (Wildman–Crippen MR) is 42.5 cm³/mol. The van der Waals surface area contributed by atoms with Crippen molar-refractivity contribution >= 4 is 18.5 Å². The van der Waals surface area contributed by atoms with E-state index in [1.807, 2.05) is 0 Å². The van der Waals surface area contributed by atoms with Crippen molar-refractivity contribution in [3.8, 4) is 5.75 Å². The van der Waals surface area contributed by atoms with Crippen molar-refractivity contribution in [2.75, 3.05) is 0 Å². The number of primary amides is 1. The molecule has 0 aliphatic carbocycles. The van der Waals surface area contributed by atoms with Gasteiger partial charge in [0.25, 0.3) is 5.91 Å². The summed E-state index contributed by atoms with van der Waals surface area (Å²) in [7, 11) is 0. The van der Waals surface area contributed by atoms with Crippen LogP contribution < -0.4 is 5.73 Å².